The normalized spacial score (nSPS) is 15.7. The lowest BCUT2D eigenvalue weighted by atomic mass is 9.93. The number of amides is 2. The molecule has 2 rings (SSSR count). The molecule has 112 valence electrons. The Labute approximate surface area is 129 Å². The Hall–Kier alpha value is -1.95. The Kier molecular flexibility index (Phi) is 4.90. The van der Waals surface area contributed by atoms with Gasteiger partial charge in [-0.25, -0.2) is 0 Å². The minimum Gasteiger partial charge on any atom is -0.389 e. The van der Waals surface area contributed by atoms with Crippen LogP contribution in [0.2, 0.25) is 0 Å². The number of nitrogens with zero attached hydrogens (tertiary/aromatic N) is 1. The molecule has 4 N–H and O–H groups in total. The van der Waals surface area contributed by atoms with Crippen LogP contribution in [0.3, 0.4) is 0 Å². The van der Waals surface area contributed by atoms with Gasteiger partial charge in [-0.2, -0.15) is 0 Å². The van der Waals surface area contributed by atoms with Gasteiger partial charge in [-0.15, -0.1) is 0 Å². The van der Waals surface area contributed by atoms with Crippen LogP contribution < -0.4 is 11.5 Å². The molecule has 1 saturated heterocycles. The van der Waals surface area contributed by atoms with E-state index in [4.69, 9.17) is 23.7 Å². The van der Waals surface area contributed by atoms with Gasteiger partial charge in [-0.05, 0) is 30.9 Å². The average molecular weight is 305 g/mol. The van der Waals surface area contributed by atoms with Gasteiger partial charge in [0, 0.05) is 30.6 Å². The summed E-state index contributed by atoms with van der Waals surface area (Å²) in [6.07, 6.45) is 2.02. The van der Waals surface area contributed by atoms with E-state index in [1.54, 1.807) is 29.2 Å². The maximum Gasteiger partial charge on any atom is 0.253 e. The summed E-state index contributed by atoms with van der Waals surface area (Å²) in [7, 11) is 0. The number of thiocarbonyl (C=S) groups is 1. The van der Waals surface area contributed by atoms with Gasteiger partial charge < -0.3 is 16.4 Å². The molecular weight excluding hydrogens is 286 g/mol. The first-order chi connectivity index (χ1) is 9.97. The molecule has 6 heteroatoms. The Morgan fingerprint density at radius 3 is 2.38 bits per heavy atom. The van der Waals surface area contributed by atoms with Gasteiger partial charge in [-0.1, -0.05) is 24.4 Å². The second-order valence-electron chi connectivity index (χ2n) is 5.35. The van der Waals surface area contributed by atoms with E-state index in [1.165, 1.54) is 0 Å². The molecule has 1 aromatic carbocycles. The number of piperidine rings is 1. The highest BCUT2D eigenvalue weighted by Gasteiger charge is 2.24. The molecule has 0 aromatic heterocycles. The second kappa shape index (κ2) is 6.67. The van der Waals surface area contributed by atoms with Crippen LogP contribution in [0.1, 0.15) is 35.2 Å². The summed E-state index contributed by atoms with van der Waals surface area (Å²) >= 11 is 4.93. The molecule has 0 saturated carbocycles. The van der Waals surface area contributed by atoms with Crippen molar-refractivity contribution < 1.29 is 9.59 Å². The lowest BCUT2D eigenvalue weighted by Gasteiger charge is -2.31. The summed E-state index contributed by atoms with van der Waals surface area (Å²) in [5.41, 5.74) is 12.1. The van der Waals surface area contributed by atoms with Crippen molar-refractivity contribution in [3.63, 3.8) is 0 Å². The van der Waals surface area contributed by atoms with Crippen molar-refractivity contribution >= 4 is 29.0 Å². The van der Waals surface area contributed by atoms with Crippen molar-refractivity contribution in [2.75, 3.05) is 13.1 Å². The number of nitrogens with two attached hydrogens (primary N) is 2. The molecule has 0 unspecified atom stereocenters. The Morgan fingerprint density at radius 2 is 1.81 bits per heavy atom. The fraction of sp³-hybridized carbons (Fsp3) is 0.400. The zero-order valence-electron chi connectivity index (χ0n) is 11.7. The van der Waals surface area contributed by atoms with Gasteiger partial charge in [0.25, 0.3) is 5.91 Å². The maximum atomic E-state index is 12.5. The predicted octanol–water partition coefficient (Wildman–Crippen LogP) is 1.05. The number of likely N-dealkylation sites (tertiary alicyclic amines) is 1. The van der Waals surface area contributed by atoms with Gasteiger partial charge in [0.2, 0.25) is 5.91 Å². The zero-order chi connectivity index (χ0) is 15.4. The van der Waals surface area contributed by atoms with E-state index in [-0.39, 0.29) is 22.7 Å². The molecule has 1 heterocycles. The van der Waals surface area contributed by atoms with Gasteiger partial charge in [-0.3, -0.25) is 9.59 Å². The van der Waals surface area contributed by atoms with Gasteiger partial charge in [0.15, 0.2) is 0 Å². The van der Waals surface area contributed by atoms with Crippen LogP contribution in [0, 0.1) is 5.92 Å². The molecule has 5 nitrogen and oxygen atoms in total. The summed E-state index contributed by atoms with van der Waals surface area (Å²) in [5, 5.41) is 0. The van der Waals surface area contributed by atoms with Crippen molar-refractivity contribution in [3.05, 3.63) is 35.4 Å². The fourth-order valence-corrected chi connectivity index (χ4v) is 2.74. The van der Waals surface area contributed by atoms with Crippen LogP contribution in [0.4, 0.5) is 0 Å². The van der Waals surface area contributed by atoms with Crippen LogP contribution in [-0.4, -0.2) is 34.8 Å². The highest BCUT2D eigenvalue weighted by atomic mass is 32.1. The van der Waals surface area contributed by atoms with E-state index in [2.05, 4.69) is 0 Å². The maximum absolute atomic E-state index is 12.5. The Balaban J connectivity index is 2.00. The van der Waals surface area contributed by atoms with Gasteiger partial charge in [0.1, 0.15) is 4.99 Å². The molecule has 2 amide bonds. The van der Waals surface area contributed by atoms with Crippen molar-refractivity contribution in [2.45, 2.75) is 19.3 Å². The van der Waals surface area contributed by atoms with Crippen LogP contribution in [0.15, 0.2) is 24.3 Å². The Bertz CT molecular complexity index is 566. The van der Waals surface area contributed by atoms with E-state index in [0.29, 0.717) is 30.6 Å². The molecule has 0 radical (unpaired) electrons. The van der Waals surface area contributed by atoms with Crippen molar-refractivity contribution in [2.24, 2.45) is 17.4 Å². The SMILES string of the molecule is NC(=O)CC1CCN(C(=O)c2cccc(C(N)=S)c2)CC1. The van der Waals surface area contributed by atoms with Gasteiger partial charge in [0.05, 0.1) is 0 Å². The molecule has 0 aliphatic carbocycles. The molecule has 0 spiro atoms. The zero-order valence-corrected chi connectivity index (χ0v) is 12.6. The minimum atomic E-state index is -0.274. The second-order valence-corrected chi connectivity index (χ2v) is 5.79. The molecule has 0 atom stereocenters. The summed E-state index contributed by atoms with van der Waals surface area (Å²) in [5.74, 6) is -0.0101. The number of carbonyl (C=O) groups is 2. The summed E-state index contributed by atoms with van der Waals surface area (Å²) in [6, 6.07) is 7.06. The monoisotopic (exact) mass is 305 g/mol. The summed E-state index contributed by atoms with van der Waals surface area (Å²) in [6.45, 7) is 1.29. The summed E-state index contributed by atoms with van der Waals surface area (Å²) in [4.78, 5) is 25.5. The molecule has 1 aromatic rings. The average Bonchev–Trinajstić information content (AvgIpc) is 2.47. The third-order valence-corrected chi connectivity index (χ3v) is 4.02. The number of hydrogen-bond donors (Lipinski definition) is 2. The van der Waals surface area contributed by atoms with E-state index in [1.807, 2.05) is 0 Å². The molecular formula is C15H19N3O2S. The number of primary amides is 1. The quantitative estimate of drug-likeness (QED) is 0.814. The van der Waals surface area contributed by atoms with Crippen LogP contribution >= 0.6 is 12.2 Å². The number of rotatable bonds is 4. The molecule has 1 aliphatic rings. The number of carbonyl (C=O) groups excluding carboxylic acids is 2. The standard InChI is InChI=1S/C15H19N3O2S/c16-13(19)8-10-4-6-18(7-5-10)15(20)12-3-1-2-11(9-12)14(17)21/h1-3,9-10H,4-8H2,(H2,16,19)(H2,17,21). The lowest BCUT2D eigenvalue weighted by Crippen LogP contribution is -2.39. The Morgan fingerprint density at radius 1 is 1.19 bits per heavy atom. The predicted molar refractivity (Wildman–Crippen MR) is 84.8 cm³/mol. The molecule has 0 bridgehead atoms. The van der Waals surface area contributed by atoms with E-state index >= 15 is 0 Å². The van der Waals surface area contributed by atoms with Crippen molar-refractivity contribution in [3.8, 4) is 0 Å². The number of hydrogen-bond acceptors (Lipinski definition) is 3. The van der Waals surface area contributed by atoms with Crippen molar-refractivity contribution in [1.82, 2.24) is 4.90 Å². The van der Waals surface area contributed by atoms with Crippen molar-refractivity contribution in [1.29, 1.82) is 0 Å². The van der Waals surface area contributed by atoms with Gasteiger partial charge >= 0.3 is 0 Å². The van der Waals surface area contributed by atoms with Crippen LogP contribution in [0.25, 0.3) is 0 Å². The minimum absolute atomic E-state index is 0.0226. The molecule has 1 aliphatic heterocycles. The topological polar surface area (TPSA) is 89.4 Å². The highest BCUT2D eigenvalue weighted by molar-refractivity contribution is 7.80. The van der Waals surface area contributed by atoms with Crippen LogP contribution in [0.5, 0.6) is 0 Å². The first-order valence-electron chi connectivity index (χ1n) is 6.95. The molecule has 1 fully saturated rings. The third-order valence-electron chi connectivity index (χ3n) is 3.79. The van der Waals surface area contributed by atoms with E-state index in [0.717, 1.165) is 12.8 Å². The smallest absolute Gasteiger partial charge is 0.253 e. The first kappa shape index (κ1) is 15.4. The van der Waals surface area contributed by atoms with E-state index in [9.17, 15) is 9.59 Å². The lowest BCUT2D eigenvalue weighted by molar-refractivity contribution is -0.119. The molecule has 21 heavy (non-hydrogen) atoms. The highest BCUT2D eigenvalue weighted by Crippen LogP contribution is 2.21. The first-order valence-corrected chi connectivity index (χ1v) is 7.35. The summed E-state index contributed by atoms with van der Waals surface area (Å²) < 4.78 is 0. The number of benzene rings is 1. The van der Waals surface area contributed by atoms with E-state index < -0.39 is 0 Å². The van der Waals surface area contributed by atoms with Crippen LogP contribution in [-0.2, 0) is 4.79 Å². The fourth-order valence-electron chi connectivity index (χ4n) is 2.61. The largest absolute Gasteiger partial charge is 0.389 e. The third kappa shape index (κ3) is 4.01.